The molecule has 1 aliphatic carbocycles. The smallest absolute Gasteiger partial charge is 0.261 e. The molecule has 3 amide bonds. The average Bonchev–Trinajstić information content (AvgIpc) is 3.41. The molecular weight excluding hydrogens is 400 g/mol. The highest BCUT2D eigenvalue weighted by Gasteiger charge is 2.35. The number of amides is 3. The van der Waals surface area contributed by atoms with Crippen LogP contribution in [0.2, 0.25) is 0 Å². The fraction of sp³-hybridized carbons (Fsp3) is 0.455. The number of rotatable bonds is 5. The van der Waals surface area contributed by atoms with Crippen molar-refractivity contribution in [1.82, 2.24) is 19.7 Å². The van der Waals surface area contributed by atoms with E-state index in [9.17, 15) is 14.4 Å². The monoisotopic (exact) mass is 424 g/mol. The van der Waals surface area contributed by atoms with Crippen molar-refractivity contribution in [3.63, 3.8) is 0 Å². The minimum atomic E-state index is -0.302. The fourth-order valence-electron chi connectivity index (χ4n) is 4.47. The molecule has 5 rings (SSSR count). The number of carbonyl (C=O) groups is 3. The number of hydrogen-bond acceptors (Lipinski definition) is 6. The number of thiazole rings is 1. The van der Waals surface area contributed by atoms with Crippen LogP contribution in [0.4, 0.5) is 0 Å². The van der Waals surface area contributed by atoms with Gasteiger partial charge in [0.15, 0.2) is 0 Å². The van der Waals surface area contributed by atoms with E-state index in [2.05, 4.69) is 4.90 Å². The molecule has 3 aliphatic rings. The molecule has 0 saturated carbocycles. The van der Waals surface area contributed by atoms with Gasteiger partial charge in [-0.1, -0.05) is 12.1 Å². The number of imide groups is 1. The van der Waals surface area contributed by atoms with E-state index in [4.69, 9.17) is 4.98 Å². The molecule has 0 radical (unpaired) electrons. The van der Waals surface area contributed by atoms with Crippen molar-refractivity contribution in [3.05, 3.63) is 51.0 Å². The third-order valence-corrected chi connectivity index (χ3v) is 7.29. The van der Waals surface area contributed by atoms with Crippen molar-refractivity contribution in [2.75, 3.05) is 32.7 Å². The Balaban J connectivity index is 1.10. The zero-order valence-electron chi connectivity index (χ0n) is 16.8. The van der Waals surface area contributed by atoms with Gasteiger partial charge >= 0.3 is 0 Å². The van der Waals surface area contributed by atoms with Crippen molar-refractivity contribution >= 4 is 29.1 Å². The van der Waals surface area contributed by atoms with Crippen LogP contribution in [-0.2, 0) is 24.2 Å². The molecule has 1 saturated heterocycles. The lowest BCUT2D eigenvalue weighted by Gasteiger charge is -2.34. The maximum atomic E-state index is 12.6. The first-order valence-corrected chi connectivity index (χ1v) is 11.3. The summed E-state index contributed by atoms with van der Waals surface area (Å²) >= 11 is 1.84. The minimum Gasteiger partial charge on any atom is -0.340 e. The highest BCUT2D eigenvalue weighted by Crippen LogP contribution is 2.28. The van der Waals surface area contributed by atoms with E-state index in [0.717, 1.165) is 26.1 Å². The highest BCUT2D eigenvalue weighted by atomic mass is 32.1. The van der Waals surface area contributed by atoms with Crippen LogP contribution in [0.25, 0.3) is 0 Å². The normalized spacial score (nSPS) is 18.8. The lowest BCUT2D eigenvalue weighted by Crippen LogP contribution is -2.49. The Kier molecular flexibility index (Phi) is 5.12. The van der Waals surface area contributed by atoms with Crippen LogP contribution in [0.15, 0.2) is 24.3 Å². The molecule has 2 aliphatic heterocycles. The van der Waals surface area contributed by atoms with Crippen LogP contribution in [0.3, 0.4) is 0 Å². The van der Waals surface area contributed by atoms with Gasteiger partial charge < -0.3 is 4.90 Å². The molecule has 2 aromatic rings. The van der Waals surface area contributed by atoms with Gasteiger partial charge in [0.05, 0.1) is 23.4 Å². The van der Waals surface area contributed by atoms with Crippen LogP contribution in [0.1, 0.15) is 49.1 Å². The fourth-order valence-corrected chi connectivity index (χ4v) is 5.67. The van der Waals surface area contributed by atoms with Gasteiger partial charge in [-0.3, -0.25) is 24.2 Å². The molecule has 0 bridgehead atoms. The zero-order chi connectivity index (χ0) is 20.7. The number of aryl methyl sites for hydroxylation is 2. The number of nitrogens with zero attached hydrogens (tertiary/aromatic N) is 4. The second-order valence-electron chi connectivity index (χ2n) is 8.05. The first kappa shape index (κ1) is 19.4. The topological polar surface area (TPSA) is 73.8 Å². The van der Waals surface area contributed by atoms with Crippen LogP contribution < -0.4 is 0 Å². The second kappa shape index (κ2) is 7.92. The first-order valence-electron chi connectivity index (χ1n) is 10.5. The van der Waals surface area contributed by atoms with Crippen LogP contribution >= 0.6 is 11.3 Å². The Morgan fingerprint density at radius 2 is 1.70 bits per heavy atom. The van der Waals surface area contributed by atoms with Gasteiger partial charge in [-0.2, -0.15) is 0 Å². The van der Waals surface area contributed by atoms with Crippen LogP contribution in [0.5, 0.6) is 0 Å². The average molecular weight is 425 g/mol. The SMILES string of the molecule is O=C(CCN1C(=O)c2ccccc2C1=O)N1CCN(Cc2nc3c(s2)CCC3)CC1. The highest BCUT2D eigenvalue weighted by molar-refractivity contribution is 7.11. The lowest BCUT2D eigenvalue weighted by atomic mass is 10.1. The Labute approximate surface area is 179 Å². The molecule has 1 aromatic carbocycles. The molecule has 7 nitrogen and oxygen atoms in total. The molecule has 8 heteroatoms. The van der Waals surface area contributed by atoms with Gasteiger partial charge in [0, 0.05) is 44.0 Å². The largest absolute Gasteiger partial charge is 0.340 e. The van der Waals surface area contributed by atoms with E-state index < -0.39 is 0 Å². The summed E-state index contributed by atoms with van der Waals surface area (Å²) in [6, 6.07) is 6.82. The van der Waals surface area contributed by atoms with Gasteiger partial charge in [-0.15, -0.1) is 11.3 Å². The summed E-state index contributed by atoms with van der Waals surface area (Å²) in [5.41, 5.74) is 2.14. The maximum absolute atomic E-state index is 12.6. The van der Waals surface area contributed by atoms with Crippen molar-refractivity contribution in [3.8, 4) is 0 Å². The molecule has 3 heterocycles. The summed E-state index contributed by atoms with van der Waals surface area (Å²) in [6.45, 7) is 3.98. The van der Waals surface area contributed by atoms with Crippen molar-refractivity contribution < 1.29 is 14.4 Å². The van der Waals surface area contributed by atoms with E-state index >= 15 is 0 Å². The zero-order valence-corrected chi connectivity index (χ0v) is 17.6. The molecule has 1 aromatic heterocycles. The number of piperazine rings is 1. The quantitative estimate of drug-likeness (QED) is 0.686. The minimum absolute atomic E-state index is 0.000527. The van der Waals surface area contributed by atoms with E-state index in [1.807, 2.05) is 16.2 Å². The Hall–Kier alpha value is -2.58. The van der Waals surface area contributed by atoms with Gasteiger partial charge in [0.1, 0.15) is 5.01 Å². The predicted molar refractivity (Wildman–Crippen MR) is 112 cm³/mol. The third-order valence-electron chi connectivity index (χ3n) is 6.15. The van der Waals surface area contributed by atoms with Gasteiger partial charge in [0.2, 0.25) is 5.91 Å². The summed E-state index contributed by atoms with van der Waals surface area (Å²) < 4.78 is 0. The predicted octanol–water partition coefficient (Wildman–Crippen LogP) is 1.96. The van der Waals surface area contributed by atoms with Crippen molar-refractivity contribution in [2.24, 2.45) is 0 Å². The van der Waals surface area contributed by atoms with Gasteiger partial charge in [-0.05, 0) is 31.4 Å². The Morgan fingerprint density at radius 1 is 1.00 bits per heavy atom. The van der Waals surface area contributed by atoms with E-state index in [1.165, 1.54) is 33.3 Å². The van der Waals surface area contributed by atoms with E-state index in [-0.39, 0.29) is 30.7 Å². The molecule has 0 spiro atoms. The standard InChI is InChI=1S/C22H24N4O3S/c27-20(8-9-26-21(28)15-4-1-2-5-16(15)22(26)29)25-12-10-24(11-13-25)14-19-23-17-6-3-7-18(17)30-19/h1-2,4-5H,3,6-14H2. The summed E-state index contributed by atoms with van der Waals surface area (Å²) in [5.74, 6) is -0.605. The summed E-state index contributed by atoms with van der Waals surface area (Å²) in [5, 5.41) is 1.19. The molecule has 0 unspecified atom stereocenters. The number of fused-ring (bicyclic) bond motifs is 2. The Morgan fingerprint density at radius 3 is 2.37 bits per heavy atom. The Bertz CT molecular complexity index is 953. The molecule has 30 heavy (non-hydrogen) atoms. The van der Waals surface area contributed by atoms with E-state index in [0.29, 0.717) is 24.2 Å². The number of benzene rings is 1. The molecule has 1 fully saturated rings. The number of hydrogen-bond donors (Lipinski definition) is 0. The van der Waals surface area contributed by atoms with Gasteiger partial charge in [0.25, 0.3) is 11.8 Å². The molecule has 0 atom stereocenters. The molecular formula is C22H24N4O3S. The summed E-state index contributed by atoms with van der Waals surface area (Å²) in [6.07, 6.45) is 3.68. The maximum Gasteiger partial charge on any atom is 0.261 e. The second-order valence-corrected chi connectivity index (χ2v) is 9.21. The van der Waals surface area contributed by atoms with Crippen molar-refractivity contribution in [2.45, 2.75) is 32.2 Å². The van der Waals surface area contributed by atoms with Gasteiger partial charge in [-0.25, -0.2) is 4.98 Å². The molecule has 156 valence electrons. The molecule has 0 N–H and O–H groups in total. The lowest BCUT2D eigenvalue weighted by molar-refractivity contribution is -0.133. The number of aromatic nitrogens is 1. The van der Waals surface area contributed by atoms with Crippen LogP contribution in [0, 0.1) is 0 Å². The number of carbonyl (C=O) groups excluding carboxylic acids is 3. The van der Waals surface area contributed by atoms with E-state index in [1.54, 1.807) is 24.3 Å². The van der Waals surface area contributed by atoms with Crippen molar-refractivity contribution in [1.29, 1.82) is 0 Å². The summed E-state index contributed by atoms with van der Waals surface area (Å²) in [7, 11) is 0. The first-order chi connectivity index (χ1) is 14.6. The third kappa shape index (κ3) is 3.54. The summed E-state index contributed by atoms with van der Waals surface area (Å²) in [4.78, 5) is 49.1. The van der Waals surface area contributed by atoms with Crippen LogP contribution in [-0.4, -0.2) is 70.1 Å².